The van der Waals surface area contributed by atoms with Crippen LogP contribution in [0.2, 0.25) is 0 Å². The van der Waals surface area contributed by atoms with E-state index in [0.29, 0.717) is 5.69 Å². The quantitative estimate of drug-likeness (QED) is 0.767. The molecule has 0 saturated heterocycles. The molecule has 2 aromatic carbocycles. The van der Waals surface area contributed by atoms with Crippen LogP contribution in [0.25, 0.3) is 0 Å². The molecular formula is C18H21N3O2. The van der Waals surface area contributed by atoms with Crippen molar-refractivity contribution in [1.82, 2.24) is 0 Å². The van der Waals surface area contributed by atoms with Crippen molar-refractivity contribution in [3.8, 4) is 0 Å². The summed E-state index contributed by atoms with van der Waals surface area (Å²) in [5.74, 6) is -0.255. The summed E-state index contributed by atoms with van der Waals surface area (Å²) in [4.78, 5) is 23.0. The van der Waals surface area contributed by atoms with Gasteiger partial charge in [-0.2, -0.15) is 0 Å². The number of aryl methyl sites for hydroxylation is 1. The molecule has 0 radical (unpaired) electrons. The zero-order chi connectivity index (χ0) is 16.7. The Bertz CT molecular complexity index is 681. The summed E-state index contributed by atoms with van der Waals surface area (Å²) < 4.78 is 0. The van der Waals surface area contributed by atoms with Gasteiger partial charge in [0.2, 0.25) is 11.8 Å². The average molecular weight is 311 g/mol. The average Bonchev–Trinajstić information content (AvgIpc) is 2.53. The molecule has 0 saturated carbocycles. The van der Waals surface area contributed by atoms with Crippen molar-refractivity contribution in [3.05, 3.63) is 54.1 Å². The van der Waals surface area contributed by atoms with Crippen molar-refractivity contribution >= 4 is 28.9 Å². The van der Waals surface area contributed by atoms with Gasteiger partial charge in [0.1, 0.15) is 0 Å². The number of hydrogen-bond donors (Lipinski definition) is 3. The largest absolute Gasteiger partial charge is 0.376 e. The number of nitrogens with one attached hydrogen (secondary N) is 3. The first kappa shape index (κ1) is 16.5. The maximum atomic E-state index is 12.0. The second-order valence-electron chi connectivity index (χ2n) is 5.21. The van der Waals surface area contributed by atoms with Crippen LogP contribution >= 0.6 is 0 Å². The first-order valence-corrected chi connectivity index (χ1v) is 7.57. The van der Waals surface area contributed by atoms with E-state index in [4.69, 9.17) is 0 Å². The van der Waals surface area contributed by atoms with Crippen molar-refractivity contribution in [3.63, 3.8) is 0 Å². The molecule has 0 fully saturated rings. The maximum absolute atomic E-state index is 12.0. The Labute approximate surface area is 136 Å². The van der Waals surface area contributed by atoms with Gasteiger partial charge in [0.15, 0.2) is 0 Å². The zero-order valence-electron chi connectivity index (χ0n) is 13.3. The van der Waals surface area contributed by atoms with Crippen LogP contribution in [0.4, 0.5) is 17.1 Å². The standard InChI is InChI=1S/C18H21N3O2/c1-3-14-7-9-15(10-8-14)21-18(23)12-19-16-5-4-6-17(11-16)20-13(2)22/h4-11,19H,3,12H2,1-2H3,(H,20,22)(H,21,23). The van der Waals surface area contributed by atoms with Crippen LogP contribution in [0.15, 0.2) is 48.5 Å². The molecule has 0 atom stereocenters. The fraction of sp³-hybridized carbons (Fsp3) is 0.222. The molecule has 2 rings (SSSR count). The Hall–Kier alpha value is -2.82. The maximum Gasteiger partial charge on any atom is 0.243 e. The van der Waals surface area contributed by atoms with E-state index in [1.807, 2.05) is 36.4 Å². The first-order chi connectivity index (χ1) is 11.1. The lowest BCUT2D eigenvalue weighted by Gasteiger charge is -2.10. The summed E-state index contributed by atoms with van der Waals surface area (Å²) >= 11 is 0. The van der Waals surface area contributed by atoms with E-state index in [1.165, 1.54) is 12.5 Å². The van der Waals surface area contributed by atoms with Gasteiger partial charge in [-0.3, -0.25) is 9.59 Å². The van der Waals surface area contributed by atoms with Crippen molar-refractivity contribution in [2.45, 2.75) is 20.3 Å². The minimum atomic E-state index is -0.129. The van der Waals surface area contributed by atoms with Gasteiger partial charge in [-0.15, -0.1) is 0 Å². The molecule has 120 valence electrons. The number of anilines is 3. The van der Waals surface area contributed by atoms with Crippen molar-refractivity contribution in [2.75, 3.05) is 22.5 Å². The Kier molecular flexibility index (Phi) is 5.74. The molecule has 0 aromatic heterocycles. The van der Waals surface area contributed by atoms with Crippen LogP contribution in [-0.4, -0.2) is 18.4 Å². The smallest absolute Gasteiger partial charge is 0.243 e. The predicted molar refractivity (Wildman–Crippen MR) is 93.7 cm³/mol. The minimum absolute atomic E-state index is 0.126. The molecule has 0 unspecified atom stereocenters. The van der Waals surface area contributed by atoms with E-state index >= 15 is 0 Å². The molecule has 5 heteroatoms. The number of benzene rings is 2. The van der Waals surface area contributed by atoms with E-state index < -0.39 is 0 Å². The molecule has 2 aromatic rings. The summed E-state index contributed by atoms with van der Waals surface area (Å²) in [6.45, 7) is 3.70. The molecule has 0 bridgehead atoms. The molecule has 0 aliphatic heterocycles. The third kappa shape index (κ3) is 5.47. The van der Waals surface area contributed by atoms with Gasteiger partial charge in [0, 0.05) is 24.0 Å². The molecule has 23 heavy (non-hydrogen) atoms. The third-order valence-corrected chi connectivity index (χ3v) is 3.28. The van der Waals surface area contributed by atoms with Crippen molar-refractivity contribution < 1.29 is 9.59 Å². The number of amides is 2. The Morgan fingerprint density at radius 3 is 2.26 bits per heavy atom. The van der Waals surface area contributed by atoms with Gasteiger partial charge in [0.05, 0.1) is 6.54 Å². The highest BCUT2D eigenvalue weighted by Gasteiger charge is 2.03. The zero-order valence-corrected chi connectivity index (χ0v) is 13.3. The lowest BCUT2D eigenvalue weighted by atomic mass is 10.1. The lowest BCUT2D eigenvalue weighted by molar-refractivity contribution is -0.115. The molecule has 0 aliphatic rings. The van der Waals surface area contributed by atoms with Crippen LogP contribution in [0.1, 0.15) is 19.4 Å². The Morgan fingerprint density at radius 1 is 0.913 bits per heavy atom. The second-order valence-corrected chi connectivity index (χ2v) is 5.21. The fourth-order valence-corrected chi connectivity index (χ4v) is 2.12. The minimum Gasteiger partial charge on any atom is -0.376 e. The summed E-state index contributed by atoms with van der Waals surface area (Å²) in [7, 11) is 0. The van der Waals surface area contributed by atoms with E-state index in [1.54, 1.807) is 12.1 Å². The summed E-state index contributed by atoms with van der Waals surface area (Å²) in [6, 6.07) is 15.0. The Balaban J connectivity index is 1.87. The molecule has 3 N–H and O–H groups in total. The highest BCUT2D eigenvalue weighted by Crippen LogP contribution is 2.15. The van der Waals surface area contributed by atoms with Gasteiger partial charge < -0.3 is 16.0 Å². The number of carbonyl (C=O) groups is 2. The van der Waals surface area contributed by atoms with E-state index in [0.717, 1.165) is 17.8 Å². The highest BCUT2D eigenvalue weighted by atomic mass is 16.2. The van der Waals surface area contributed by atoms with Crippen LogP contribution < -0.4 is 16.0 Å². The Morgan fingerprint density at radius 2 is 1.61 bits per heavy atom. The normalized spacial score (nSPS) is 10.0. The van der Waals surface area contributed by atoms with E-state index in [2.05, 4.69) is 22.9 Å². The number of hydrogen-bond acceptors (Lipinski definition) is 3. The molecule has 0 heterocycles. The number of rotatable bonds is 6. The fourth-order valence-electron chi connectivity index (χ4n) is 2.12. The third-order valence-electron chi connectivity index (χ3n) is 3.28. The molecule has 0 spiro atoms. The van der Waals surface area contributed by atoms with E-state index in [9.17, 15) is 9.59 Å². The molecular weight excluding hydrogens is 290 g/mol. The second kappa shape index (κ2) is 7.98. The summed E-state index contributed by atoms with van der Waals surface area (Å²) in [5, 5.41) is 8.58. The van der Waals surface area contributed by atoms with Crippen LogP contribution in [0.3, 0.4) is 0 Å². The molecule has 5 nitrogen and oxygen atoms in total. The highest BCUT2D eigenvalue weighted by molar-refractivity contribution is 5.94. The van der Waals surface area contributed by atoms with Gasteiger partial charge in [0.25, 0.3) is 0 Å². The summed E-state index contributed by atoms with van der Waals surface area (Å²) in [5.41, 5.74) is 3.47. The van der Waals surface area contributed by atoms with Crippen molar-refractivity contribution in [2.24, 2.45) is 0 Å². The molecule has 2 amide bonds. The first-order valence-electron chi connectivity index (χ1n) is 7.57. The number of carbonyl (C=O) groups excluding carboxylic acids is 2. The predicted octanol–water partition coefficient (Wildman–Crippen LogP) is 3.26. The SMILES string of the molecule is CCc1ccc(NC(=O)CNc2cccc(NC(C)=O)c2)cc1. The van der Waals surface area contributed by atoms with Gasteiger partial charge in [-0.1, -0.05) is 25.1 Å². The van der Waals surface area contributed by atoms with Crippen LogP contribution in [0.5, 0.6) is 0 Å². The van der Waals surface area contributed by atoms with Crippen LogP contribution in [-0.2, 0) is 16.0 Å². The monoisotopic (exact) mass is 311 g/mol. The van der Waals surface area contributed by atoms with Gasteiger partial charge in [-0.25, -0.2) is 0 Å². The molecule has 0 aliphatic carbocycles. The van der Waals surface area contributed by atoms with Crippen LogP contribution in [0, 0.1) is 0 Å². The van der Waals surface area contributed by atoms with Crippen molar-refractivity contribution in [1.29, 1.82) is 0 Å². The summed E-state index contributed by atoms with van der Waals surface area (Å²) in [6.07, 6.45) is 0.973. The van der Waals surface area contributed by atoms with Gasteiger partial charge >= 0.3 is 0 Å². The van der Waals surface area contributed by atoms with Gasteiger partial charge in [-0.05, 0) is 42.3 Å². The van der Waals surface area contributed by atoms with E-state index in [-0.39, 0.29) is 18.4 Å². The topological polar surface area (TPSA) is 70.2 Å². The lowest BCUT2D eigenvalue weighted by Crippen LogP contribution is -2.21.